The fourth-order valence-electron chi connectivity index (χ4n) is 3.02. The van der Waals surface area contributed by atoms with E-state index >= 15 is 0 Å². The van der Waals surface area contributed by atoms with Gasteiger partial charge in [0.15, 0.2) is 0 Å². The van der Waals surface area contributed by atoms with Crippen LogP contribution in [0.3, 0.4) is 0 Å². The van der Waals surface area contributed by atoms with Crippen molar-refractivity contribution in [3.63, 3.8) is 0 Å². The Balaban J connectivity index is 2.14. The second-order valence-corrected chi connectivity index (χ2v) is 7.70. The number of benzene rings is 1. The fourth-order valence-corrected chi connectivity index (χ4v) is 4.49. The van der Waals surface area contributed by atoms with Gasteiger partial charge in [-0.05, 0) is 44.0 Å². The summed E-state index contributed by atoms with van der Waals surface area (Å²) in [6.45, 7) is 4.76. The fraction of sp³-hybridized carbons (Fsp3) is 0.625. The van der Waals surface area contributed by atoms with E-state index in [0.29, 0.717) is 24.5 Å². The van der Waals surface area contributed by atoms with Gasteiger partial charge < -0.3 is 10.1 Å². The minimum Gasteiger partial charge on any atom is -0.384 e. The minimum absolute atomic E-state index is 0.117. The van der Waals surface area contributed by atoms with Gasteiger partial charge in [-0.15, -0.1) is 0 Å². The summed E-state index contributed by atoms with van der Waals surface area (Å²) < 4.78 is 33.4. The van der Waals surface area contributed by atoms with Gasteiger partial charge in [-0.25, -0.2) is 13.1 Å². The van der Waals surface area contributed by atoms with Crippen molar-refractivity contribution in [1.29, 1.82) is 0 Å². The van der Waals surface area contributed by atoms with E-state index in [0.717, 1.165) is 31.5 Å². The predicted octanol–water partition coefficient (Wildman–Crippen LogP) is 1.54. The highest BCUT2D eigenvalue weighted by molar-refractivity contribution is 7.89. The van der Waals surface area contributed by atoms with Crippen molar-refractivity contribution < 1.29 is 13.2 Å². The average Bonchev–Trinajstić information content (AvgIpc) is 2.54. The Morgan fingerprint density at radius 1 is 1.27 bits per heavy atom. The maximum Gasteiger partial charge on any atom is 0.240 e. The number of aryl methyl sites for hydroxylation is 1. The Morgan fingerprint density at radius 3 is 2.59 bits per heavy atom. The Morgan fingerprint density at radius 2 is 1.95 bits per heavy atom. The minimum atomic E-state index is -3.48. The lowest BCUT2D eigenvalue weighted by atomic mass is 9.80. The second-order valence-electron chi connectivity index (χ2n) is 5.97. The van der Waals surface area contributed by atoms with E-state index in [-0.39, 0.29) is 5.41 Å². The number of hydrogen-bond donors (Lipinski definition) is 2. The Labute approximate surface area is 133 Å². The van der Waals surface area contributed by atoms with Crippen LogP contribution in [0.2, 0.25) is 0 Å². The second kappa shape index (κ2) is 7.55. The molecular formula is C16H26N2O3S. The van der Waals surface area contributed by atoms with Gasteiger partial charge in [0.1, 0.15) is 0 Å². The van der Waals surface area contributed by atoms with Crippen molar-refractivity contribution in [2.24, 2.45) is 5.41 Å². The zero-order chi connectivity index (χ0) is 16.1. The van der Waals surface area contributed by atoms with Crippen LogP contribution in [-0.4, -0.2) is 41.8 Å². The van der Waals surface area contributed by atoms with Gasteiger partial charge in [-0.2, -0.15) is 0 Å². The molecule has 1 fully saturated rings. The molecule has 0 aromatic heterocycles. The molecule has 2 rings (SSSR count). The first kappa shape index (κ1) is 17.4. The molecule has 0 saturated carbocycles. The third-order valence-electron chi connectivity index (χ3n) is 4.39. The van der Waals surface area contributed by atoms with Crippen LogP contribution in [0.25, 0.3) is 0 Å². The summed E-state index contributed by atoms with van der Waals surface area (Å²) in [5.41, 5.74) is 0.731. The first-order valence-corrected chi connectivity index (χ1v) is 9.28. The molecule has 0 bridgehead atoms. The standard InChI is InChI=1S/C16H26N2O3S/c1-3-14-6-4-5-7-15(14)22(19,20)18-12-16(13-21-2)8-10-17-11-9-16/h4-7,17-18H,3,8-13H2,1-2H3. The highest BCUT2D eigenvalue weighted by atomic mass is 32.2. The molecule has 1 aromatic carbocycles. The zero-order valence-corrected chi connectivity index (χ0v) is 14.2. The number of hydrogen-bond acceptors (Lipinski definition) is 4. The monoisotopic (exact) mass is 326 g/mol. The van der Waals surface area contributed by atoms with Crippen molar-refractivity contribution in [3.05, 3.63) is 29.8 Å². The summed E-state index contributed by atoms with van der Waals surface area (Å²) in [7, 11) is -1.81. The molecule has 0 amide bonds. The molecule has 1 aliphatic rings. The first-order valence-electron chi connectivity index (χ1n) is 7.80. The van der Waals surface area contributed by atoms with Gasteiger partial charge in [0.2, 0.25) is 10.0 Å². The molecule has 22 heavy (non-hydrogen) atoms. The highest BCUT2D eigenvalue weighted by Gasteiger charge is 2.33. The van der Waals surface area contributed by atoms with Crippen LogP contribution in [0.5, 0.6) is 0 Å². The van der Waals surface area contributed by atoms with Gasteiger partial charge >= 0.3 is 0 Å². The molecule has 6 heteroatoms. The van der Waals surface area contributed by atoms with E-state index in [1.54, 1.807) is 19.2 Å². The van der Waals surface area contributed by atoms with Crippen molar-refractivity contribution in [2.45, 2.75) is 31.1 Å². The van der Waals surface area contributed by atoms with Gasteiger partial charge in [0, 0.05) is 19.1 Å². The van der Waals surface area contributed by atoms with E-state index in [2.05, 4.69) is 10.0 Å². The van der Waals surface area contributed by atoms with Crippen LogP contribution in [0.4, 0.5) is 0 Å². The van der Waals surface area contributed by atoms with Gasteiger partial charge in [-0.3, -0.25) is 0 Å². The Kier molecular flexibility index (Phi) is 5.97. The van der Waals surface area contributed by atoms with E-state index < -0.39 is 10.0 Å². The molecule has 124 valence electrons. The lowest BCUT2D eigenvalue weighted by Gasteiger charge is -2.37. The smallest absolute Gasteiger partial charge is 0.240 e. The van der Waals surface area contributed by atoms with Crippen molar-refractivity contribution in [1.82, 2.24) is 10.0 Å². The van der Waals surface area contributed by atoms with Crippen LogP contribution in [-0.2, 0) is 21.2 Å². The molecule has 0 spiro atoms. The lowest BCUT2D eigenvalue weighted by Crippen LogP contribution is -2.47. The van der Waals surface area contributed by atoms with Crippen LogP contribution in [0.15, 0.2) is 29.2 Å². The zero-order valence-electron chi connectivity index (χ0n) is 13.4. The molecule has 0 atom stereocenters. The molecule has 1 saturated heterocycles. The Hall–Kier alpha value is -0.950. The van der Waals surface area contributed by atoms with E-state index in [4.69, 9.17) is 4.74 Å². The molecule has 1 heterocycles. The summed E-state index contributed by atoms with van der Waals surface area (Å²) in [5.74, 6) is 0. The summed E-state index contributed by atoms with van der Waals surface area (Å²) in [6.07, 6.45) is 2.53. The number of rotatable bonds is 7. The quantitative estimate of drug-likeness (QED) is 0.798. The van der Waals surface area contributed by atoms with Crippen LogP contribution < -0.4 is 10.0 Å². The molecule has 1 aliphatic heterocycles. The SMILES string of the molecule is CCc1ccccc1S(=O)(=O)NCC1(COC)CCNCC1. The van der Waals surface area contributed by atoms with Crippen LogP contribution in [0, 0.1) is 5.41 Å². The normalized spacial score (nSPS) is 18.3. The van der Waals surface area contributed by atoms with Gasteiger partial charge in [-0.1, -0.05) is 25.1 Å². The van der Waals surface area contributed by atoms with Gasteiger partial charge in [0.05, 0.1) is 11.5 Å². The topological polar surface area (TPSA) is 67.4 Å². The first-order chi connectivity index (χ1) is 10.5. The third-order valence-corrected chi connectivity index (χ3v) is 5.90. The third kappa shape index (κ3) is 4.07. The van der Waals surface area contributed by atoms with Gasteiger partial charge in [0.25, 0.3) is 0 Å². The van der Waals surface area contributed by atoms with E-state index in [1.807, 2.05) is 19.1 Å². The van der Waals surface area contributed by atoms with Crippen molar-refractivity contribution in [3.8, 4) is 0 Å². The molecule has 0 aliphatic carbocycles. The highest BCUT2D eigenvalue weighted by Crippen LogP contribution is 2.29. The number of methoxy groups -OCH3 is 1. The number of sulfonamides is 1. The molecule has 5 nitrogen and oxygen atoms in total. The number of nitrogens with one attached hydrogen (secondary N) is 2. The molecule has 0 radical (unpaired) electrons. The maximum atomic E-state index is 12.6. The van der Waals surface area contributed by atoms with E-state index in [1.165, 1.54) is 0 Å². The van der Waals surface area contributed by atoms with Crippen molar-refractivity contribution in [2.75, 3.05) is 33.4 Å². The summed E-state index contributed by atoms with van der Waals surface area (Å²) in [6, 6.07) is 7.18. The predicted molar refractivity (Wildman–Crippen MR) is 87.4 cm³/mol. The summed E-state index contributed by atoms with van der Waals surface area (Å²) in [4.78, 5) is 0.388. The van der Waals surface area contributed by atoms with Crippen LogP contribution >= 0.6 is 0 Å². The Bertz CT molecular complexity index is 575. The maximum absolute atomic E-state index is 12.6. The molecular weight excluding hydrogens is 300 g/mol. The largest absolute Gasteiger partial charge is 0.384 e. The molecule has 1 aromatic rings. The summed E-state index contributed by atoms with van der Waals surface area (Å²) >= 11 is 0. The molecule has 0 unspecified atom stereocenters. The average molecular weight is 326 g/mol. The summed E-state index contributed by atoms with van der Waals surface area (Å²) in [5, 5.41) is 3.31. The molecule has 2 N–H and O–H groups in total. The van der Waals surface area contributed by atoms with Crippen molar-refractivity contribution >= 4 is 10.0 Å². The lowest BCUT2D eigenvalue weighted by molar-refractivity contribution is 0.0577. The number of ether oxygens (including phenoxy) is 1. The number of piperidine rings is 1. The van der Waals surface area contributed by atoms with Crippen LogP contribution in [0.1, 0.15) is 25.3 Å². The van der Waals surface area contributed by atoms with E-state index in [9.17, 15) is 8.42 Å².